The monoisotopic (exact) mass is 159 g/mol. The van der Waals surface area contributed by atoms with Crippen LogP contribution in [0, 0.1) is 0 Å². The van der Waals surface area contributed by atoms with Gasteiger partial charge in [0.05, 0.1) is 18.0 Å². The van der Waals surface area contributed by atoms with Crippen LogP contribution in [-0.4, -0.2) is 36.8 Å². The fourth-order valence-electron chi connectivity index (χ4n) is 1.41. The molecule has 0 aromatic rings. The Balaban J connectivity index is 1.92. The average molecular weight is 159 g/mol. The summed E-state index contributed by atoms with van der Waals surface area (Å²) in [6, 6.07) is 0. The van der Waals surface area contributed by atoms with Crippen LogP contribution in [-0.2, 0) is 4.74 Å². The normalized spacial score (nSPS) is 40.8. The van der Waals surface area contributed by atoms with Gasteiger partial charge >= 0.3 is 0 Å². The SMILES string of the molecule is C1COCC2(CCS2)CN1. The van der Waals surface area contributed by atoms with Gasteiger partial charge < -0.3 is 10.1 Å². The first-order chi connectivity index (χ1) is 4.91. The molecule has 58 valence electrons. The van der Waals surface area contributed by atoms with E-state index in [1.807, 2.05) is 0 Å². The van der Waals surface area contributed by atoms with Gasteiger partial charge in [0, 0.05) is 13.1 Å². The topological polar surface area (TPSA) is 21.3 Å². The van der Waals surface area contributed by atoms with Gasteiger partial charge in [-0.25, -0.2) is 0 Å². The molecule has 0 saturated carbocycles. The summed E-state index contributed by atoms with van der Waals surface area (Å²) in [5.41, 5.74) is 0. The first kappa shape index (κ1) is 6.95. The van der Waals surface area contributed by atoms with E-state index in [1.165, 1.54) is 12.2 Å². The summed E-state index contributed by atoms with van der Waals surface area (Å²) >= 11 is 2.05. The summed E-state index contributed by atoms with van der Waals surface area (Å²) in [5, 5.41) is 3.39. The molecule has 1 atom stereocenters. The molecule has 1 unspecified atom stereocenters. The number of hydrogen-bond acceptors (Lipinski definition) is 3. The third-order valence-corrected chi connectivity index (χ3v) is 3.69. The molecule has 2 rings (SSSR count). The van der Waals surface area contributed by atoms with Crippen molar-refractivity contribution in [3.05, 3.63) is 0 Å². The van der Waals surface area contributed by atoms with E-state index < -0.39 is 0 Å². The molecular weight excluding hydrogens is 146 g/mol. The van der Waals surface area contributed by atoms with Crippen LogP contribution in [0.25, 0.3) is 0 Å². The van der Waals surface area contributed by atoms with Gasteiger partial charge in [-0.1, -0.05) is 0 Å². The molecule has 1 N–H and O–H groups in total. The van der Waals surface area contributed by atoms with Gasteiger partial charge in [0.15, 0.2) is 0 Å². The summed E-state index contributed by atoms with van der Waals surface area (Å²) in [6.45, 7) is 4.03. The Morgan fingerprint density at radius 1 is 1.50 bits per heavy atom. The lowest BCUT2D eigenvalue weighted by atomic mass is 10.1. The van der Waals surface area contributed by atoms with Crippen molar-refractivity contribution in [1.82, 2.24) is 5.32 Å². The number of ether oxygens (including phenoxy) is 1. The van der Waals surface area contributed by atoms with Crippen molar-refractivity contribution < 1.29 is 4.74 Å². The lowest BCUT2D eigenvalue weighted by Crippen LogP contribution is -2.45. The van der Waals surface area contributed by atoms with Gasteiger partial charge in [0.25, 0.3) is 0 Å². The molecule has 1 spiro atoms. The molecule has 2 heterocycles. The second-order valence-corrected chi connectivity index (χ2v) is 4.57. The third-order valence-electron chi connectivity index (χ3n) is 2.20. The fraction of sp³-hybridized carbons (Fsp3) is 1.00. The Bertz CT molecular complexity index is 115. The van der Waals surface area contributed by atoms with Crippen LogP contribution < -0.4 is 5.32 Å². The van der Waals surface area contributed by atoms with Gasteiger partial charge in [0.1, 0.15) is 0 Å². The molecule has 2 aliphatic rings. The predicted octanol–water partition coefficient (Wildman–Crippen LogP) is 0.482. The highest BCUT2D eigenvalue weighted by Crippen LogP contribution is 2.40. The molecule has 2 aliphatic heterocycles. The van der Waals surface area contributed by atoms with E-state index in [4.69, 9.17) is 4.74 Å². The number of hydrogen-bond donors (Lipinski definition) is 1. The predicted molar refractivity (Wildman–Crippen MR) is 43.5 cm³/mol. The zero-order valence-corrected chi connectivity index (χ0v) is 6.88. The second-order valence-electron chi connectivity index (χ2n) is 3.01. The van der Waals surface area contributed by atoms with Crippen molar-refractivity contribution in [1.29, 1.82) is 0 Å². The Labute approximate surface area is 65.7 Å². The Kier molecular flexibility index (Phi) is 1.89. The molecule has 2 nitrogen and oxygen atoms in total. The second kappa shape index (κ2) is 2.72. The van der Waals surface area contributed by atoms with Gasteiger partial charge in [-0.15, -0.1) is 0 Å². The molecule has 0 bridgehead atoms. The summed E-state index contributed by atoms with van der Waals surface area (Å²) in [4.78, 5) is 0. The minimum Gasteiger partial charge on any atom is -0.379 e. The van der Waals surface area contributed by atoms with E-state index in [9.17, 15) is 0 Å². The zero-order valence-electron chi connectivity index (χ0n) is 6.06. The van der Waals surface area contributed by atoms with Crippen LogP contribution in [0.1, 0.15) is 6.42 Å². The van der Waals surface area contributed by atoms with Crippen molar-refractivity contribution in [2.24, 2.45) is 0 Å². The molecule has 0 amide bonds. The van der Waals surface area contributed by atoms with Crippen LogP contribution in [0.2, 0.25) is 0 Å². The summed E-state index contributed by atoms with van der Waals surface area (Å²) in [5.74, 6) is 1.32. The minimum absolute atomic E-state index is 0.469. The van der Waals surface area contributed by atoms with Crippen molar-refractivity contribution in [3.63, 3.8) is 0 Å². The van der Waals surface area contributed by atoms with Crippen molar-refractivity contribution >= 4 is 11.8 Å². The van der Waals surface area contributed by atoms with Crippen molar-refractivity contribution in [2.45, 2.75) is 11.2 Å². The van der Waals surface area contributed by atoms with Gasteiger partial charge in [-0.2, -0.15) is 11.8 Å². The maximum atomic E-state index is 5.47. The molecule has 0 aromatic carbocycles. The average Bonchev–Trinajstić information content (AvgIpc) is 2.08. The standard InChI is InChI=1S/C7H13NOS/c1-4-10-7(1)5-8-2-3-9-6-7/h8H,1-6H2. The first-order valence-electron chi connectivity index (χ1n) is 3.84. The lowest BCUT2D eigenvalue weighted by Gasteiger charge is -2.39. The van der Waals surface area contributed by atoms with Gasteiger partial charge in [-0.05, 0) is 12.2 Å². The van der Waals surface area contributed by atoms with E-state index >= 15 is 0 Å². The molecule has 0 aliphatic carbocycles. The highest BCUT2D eigenvalue weighted by atomic mass is 32.2. The number of nitrogens with one attached hydrogen (secondary N) is 1. The highest BCUT2D eigenvalue weighted by Gasteiger charge is 2.38. The molecule has 0 radical (unpaired) electrons. The molecule has 0 aromatic heterocycles. The molecular formula is C7H13NOS. The van der Waals surface area contributed by atoms with E-state index in [1.54, 1.807) is 0 Å². The fourth-order valence-corrected chi connectivity index (χ4v) is 2.57. The van der Waals surface area contributed by atoms with E-state index in [-0.39, 0.29) is 0 Å². The van der Waals surface area contributed by atoms with Crippen LogP contribution in [0.15, 0.2) is 0 Å². The minimum atomic E-state index is 0.469. The summed E-state index contributed by atoms with van der Waals surface area (Å²) in [6.07, 6.45) is 1.34. The highest BCUT2D eigenvalue weighted by molar-refractivity contribution is 8.02. The van der Waals surface area contributed by atoms with E-state index in [0.29, 0.717) is 4.75 Å². The zero-order chi connectivity index (χ0) is 6.86. The van der Waals surface area contributed by atoms with E-state index in [0.717, 1.165) is 26.3 Å². The molecule has 3 heteroatoms. The Morgan fingerprint density at radius 2 is 2.40 bits per heavy atom. The third kappa shape index (κ3) is 1.18. The van der Waals surface area contributed by atoms with Crippen LogP contribution in [0.3, 0.4) is 0 Å². The largest absolute Gasteiger partial charge is 0.379 e. The molecule has 10 heavy (non-hydrogen) atoms. The van der Waals surface area contributed by atoms with Crippen LogP contribution >= 0.6 is 11.8 Å². The molecule has 2 saturated heterocycles. The van der Waals surface area contributed by atoms with Crippen molar-refractivity contribution in [2.75, 3.05) is 32.1 Å². The first-order valence-corrected chi connectivity index (χ1v) is 4.82. The lowest BCUT2D eigenvalue weighted by molar-refractivity contribution is 0.129. The van der Waals surface area contributed by atoms with Crippen molar-refractivity contribution in [3.8, 4) is 0 Å². The number of rotatable bonds is 0. The van der Waals surface area contributed by atoms with Gasteiger partial charge in [-0.3, -0.25) is 0 Å². The molecule has 2 fully saturated rings. The smallest absolute Gasteiger partial charge is 0.0626 e. The quantitative estimate of drug-likeness (QED) is 0.555. The van der Waals surface area contributed by atoms with Crippen LogP contribution in [0.5, 0.6) is 0 Å². The maximum Gasteiger partial charge on any atom is 0.0626 e. The van der Waals surface area contributed by atoms with E-state index in [2.05, 4.69) is 17.1 Å². The maximum absolute atomic E-state index is 5.47. The van der Waals surface area contributed by atoms with Gasteiger partial charge in [0.2, 0.25) is 0 Å². The number of thioether (sulfide) groups is 1. The summed E-state index contributed by atoms with van der Waals surface area (Å²) < 4.78 is 5.94. The Morgan fingerprint density at radius 3 is 3.10 bits per heavy atom. The summed E-state index contributed by atoms with van der Waals surface area (Å²) in [7, 11) is 0. The van der Waals surface area contributed by atoms with Crippen LogP contribution in [0.4, 0.5) is 0 Å². The Hall–Kier alpha value is 0.270.